The number of likely N-dealkylation sites (tertiary alicyclic amines) is 2. The second-order valence-electron chi connectivity index (χ2n) is 8.94. The third kappa shape index (κ3) is 5.90. The number of hydrogen-bond donors (Lipinski definition) is 0. The van der Waals surface area contributed by atoms with Crippen molar-refractivity contribution in [2.24, 2.45) is 11.8 Å². The molecule has 11 heteroatoms. The van der Waals surface area contributed by atoms with Crippen molar-refractivity contribution in [1.29, 1.82) is 0 Å². The van der Waals surface area contributed by atoms with Crippen molar-refractivity contribution in [2.45, 2.75) is 25.2 Å². The summed E-state index contributed by atoms with van der Waals surface area (Å²) < 4.78 is 48.8. The van der Waals surface area contributed by atoms with Gasteiger partial charge in [0.2, 0.25) is 0 Å². The zero-order valence-corrected chi connectivity index (χ0v) is 20.9. The zero-order chi connectivity index (χ0) is 26.0. The van der Waals surface area contributed by atoms with Crippen LogP contribution in [0.1, 0.15) is 24.1 Å². The van der Waals surface area contributed by atoms with E-state index < -0.39 is 24.3 Å². The molecular weight excluding hydrogens is 520 g/mol. The summed E-state index contributed by atoms with van der Waals surface area (Å²) in [7, 11) is 0. The van der Waals surface area contributed by atoms with Crippen molar-refractivity contribution in [1.82, 2.24) is 9.80 Å². The van der Waals surface area contributed by atoms with Crippen LogP contribution in [0.15, 0.2) is 48.5 Å². The number of fused-ring (bicyclic) bond motifs is 1. The van der Waals surface area contributed by atoms with Crippen molar-refractivity contribution < 1.29 is 32.2 Å². The number of hydrogen-bond acceptors (Lipinski definition) is 5. The van der Waals surface area contributed by atoms with E-state index in [1.807, 2.05) is 48.5 Å². The molecule has 0 radical (unpaired) electrons. The molecule has 0 spiro atoms. The Hall–Kier alpha value is -2.49. The number of ether oxygens (including phenoxy) is 2. The fourth-order valence-electron chi connectivity index (χ4n) is 4.94. The molecule has 0 saturated carbocycles. The summed E-state index contributed by atoms with van der Waals surface area (Å²) in [5, 5.41) is 1.25. The number of rotatable bonds is 6. The number of amides is 1. The summed E-state index contributed by atoms with van der Waals surface area (Å²) >= 11 is 12.2. The minimum atomic E-state index is -5.06. The summed E-state index contributed by atoms with van der Waals surface area (Å²) in [6.07, 6.45) is -9.17. The molecule has 194 valence electrons. The second-order valence-corrected chi connectivity index (χ2v) is 9.82. The minimum Gasteiger partial charge on any atom is -0.463 e. The molecule has 2 saturated heterocycles. The van der Waals surface area contributed by atoms with Gasteiger partial charge in [0.15, 0.2) is 0 Å². The standard InChI is InChI=1S/C25H25Cl2F3N2O4/c1-2-35-23(33)22(25(28,29)30)36-24(34)32-13-17-11-31(12-18(17)14-32)21(15-3-7-19(26)8-4-15)16-5-9-20(27)10-6-16/h3-10,17-18,21-22H,2,11-14H2,1H3. The summed E-state index contributed by atoms with van der Waals surface area (Å²) in [4.78, 5) is 27.8. The van der Waals surface area contributed by atoms with Crippen molar-refractivity contribution in [3.8, 4) is 0 Å². The van der Waals surface area contributed by atoms with Crippen LogP contribution in [0, 0.1) is 11.8 Å². The highest BCUT2D eigenvalue weighted by molar-refractivity contribution is 6.30. The maximum Gasteiger partial charge on any atom is 0.436 e. The Morgan fingerprint density at radius 2 is 1.39 bits per heavy atom. The predicted molar refractivity (Wildman–Crippen MR) is 128 cm³/mol. The molecule has 0 bridgehead atoms. The highest BCUT2D eigenvalue weighted by Crippen LogP contribution is 2.39. The van der Waals surface area contributed by atoms with Gasteiger partial charge in [0, 0.05) is 36.2 Å². The van der Waals surface area contributed by atoms with Crippen LogP contribution in [0.3, 0.4) is 0 Å². The maximum atomic E-state index is 13.3. The molecular formula is C25H25Cl2F3N2O4. The lowest BCUT2D eigenvalue weighted by Gasteiger charge is -2.31. The van der Waals surface area contributed by atoms with E-state index in [1.165, 1.54) is 11.8 Å². The number of halogens is 5. The third-order valence-electron chi connectivity index (χ3n) is 6.53. The van der Waals surface area contributed by atoms with E-state index in [4.69, 9.17) is 23.2 Å². The van der Waals surface area contributed by atoms with Gasteiger partial charge < -0.3 is 14.4 Å². The van der Waals surface area contributed by atoms with Gasteiger partial charge in [-0.05, 0) is 54.2 Å². The molecule has 36 heavy (non-hydrogen) atoms. The van der Waals surface area contributed by atoms with E-state index in [9.17, 15) is 22.8 Å². The SMILES string of the molecule is CCOC(=O)C(OC(=O)N1CC2CN(C(c3ccc(Cl)cc3)c3ccc(Cl)cc3)CC2C1)C(F)(F)F. The van der Waals surface area contributed by atoms with Crippen LogP contribution in [-0.4, -0.2) is 66.9 Å². The quantitative estimate of drug-likeness (QED) is 0.444. The molecule has 0 aliphatic carbocycles. The molecule has 2 aromatic rings. The Kier molecular flexibility index (Phi) is 8.02. The van der Waals surface area contributed by atoms with Crippen molar-refractivity contribution in [3.63, 3.8) is 0 Å². The van der Waals surface area contributed by atoms with Crippen LogP contribution in [0.5, 0.6) is 0 Å². The first-order chi connectivity index (χ1) is 17.1. The molecule has 0 aromatic heterocycles. The van der Waals surface area contributed by atoms with Gasteiger partial charge in [0.05, 0.1) is 12.6 Å². The van der Waals surface area contributed by atoms with Crippen molar-refractivity contribution in [2.75, 3.05) is 32.8 Å². The smallest absolute Gasteiger partial charge is 0.436 e. The van der Waals surface area contributed by atoms with Gasteiger partial charge in [-0.15, -0.1) is 0 Å². The van der Waals surface area contributed by atoms with Crippen molar-refractivity contribution >= 4 is 35.3 Å². The van der Waals surface area contributed by atoms with E-state index in [0.29, 0.717) is 23.1 Å². The van der Waals surface area contributed by atoms with Crippen molar-refractivity contribution in [3.05, 3.63) is 69.7 Å². The Labute approximate surface area is 216 Å². The first-order valence-electron chi connectivity index (χ1n) is 11.5. The first-order valence-corrected chi connectivity index (χ1v) is 12.3. The second kappa shape index (κ2) is 10.9. The van der Waals surface area contributed by atoms with Crippen LogP contribution >= 0.6 is 23.2 Å². The van der Waals surface area contributed by atoms with Crippen LogP contribution in [0.25, 0.3) is 0 Å². The molecule has 3 unspecified atom stereocenters. The monoisotopic (exact) mass is 544 g/mol. The highest BCUT2D eigenvalue weighted by atomic mass is 35.5. The zero-order valence-electron chi connectivity index (χ0n) is 19.4. The first kappa shape index (κ1) is 26.6. The topological polar surface area (TPSA) is 59.1 Å². The number of esters is 1. The molecule has 1 amide bonds. The van der Waals surface area contributed by atoms with Crippen LogP contribution < -0.4 is 0 Å². The molecule has 4 rings (SSSR count). The normalized spacial score (nSPS) is 20.9. The van der Waals surface area contributed by atoms with E-state index in [2.05, 4.69) is 14.4 Å². The lowest BCUT2D eigenvalue weighted by atomic mass is 9.97. The number of benzene rings is 2. The molecule has 3 atom stereocenters. The minimum absolute atomic E-state index is 0.0478. The van der Waals surface area contributed by atoms with E-state index in [0.717, 1.165) is 11.1 Å². The average molecular weight is 545 g/mol. The molecule has 2 aliphatic heterocycles. The summed E-state index contributed by atoms with van der Waals surface area (Å²) in [6, 6.07) is 15.1. The molecule has 6 nitrogen and oxygen atoms in total. The van der Waals surface area contributed by atoms with Gasteiger partial charge in [0.25, 0.3) is 6.10 Å². The van der Waals surface area contributed by atoms with Gasteiger partial charge in [-0.1, -0.05) is 47.5 Å². The van der Waals surface area contributed by atoms with Crippen LogP contribution in [0.4, 0.5) is 18.0 Å². The number of carbonyl (C=O) groups excluding carboxylic acids is 2. The van der Waals surface area contributed by atoms with Crippen LogP contribution in [-0.2, 0) is 14.3 Å². The molecule has 2 aromatic carbocycles. The maximum absolute atomic E-state index is 13.3. The fourth-order valence-corrected chi connectivity index (χ4v) is 5.19. The largest absolute Gasteiger partial charge is 0.463 e. The van der Waals surface area contributed by atoms with Gasteiger partial charge in [-0.25, -0.2) is 9.59 Å². The lowest BCUT2D eigenvalue weighted by Crippen LogP contribution is -2.45. The lowest BCUT2D eigenvalue weighted by molar-refractivity contribution is -0.218. The molecule has 2 fully saturated rings. The molecule has 0 N–H and O–H groups in total. The van der Waals surface area contributed by atoms with Gasteiger partial charge in [-0.2, -0.15) is 13.2 Å². The Morgan fingerprint density at radius 1 is 0.917 bits per heavy atom. The Bertz CT molecular complexity index is 1020. The Balaban J connectivity index is 1.45. The van der Waals surface area contributed by atoms with Gasteiger partial charge >= 0.3 is 18.2 Å². The summed E-state index contributed by atoms with van der Waals surface area (Å²) in [5.41, 5.74) is 2.08. The van der Waals surface area contributed by atoms with E-state index in [-0.39, 0.29) is 37.6 Å². The van der Waals surface area contributed by atoms with E-state index in [1.54, 1.807) is 0 Å². The van der Waals surface area contributed by atoms with Crippen LogP contribution in [0.2, 0.25) is 10.0 Å². The predicted octanol–water partition coefficient (Wildman–Crippen LogP) is 5.58. The molecule has 2 heterocycles. The molecule has 2 aliphatic rings. The van der Waals surface area contributed by atoms with Gasteiger partial charge in [0.1, 0.15) is 0 Å². The summed E-state index contributed by atoms with van der Waals surface area (Å²) in [5.74, 6) is -1.53. The number of nitrogens with zero attached hydrogens (tertiary/aromatic N) is 2. The Morgan fingerprint density at radius 3 is 1.81 bits per heavy atom. The van der Waals surface area contributed by atoms with Gasteiger partial charge in [-0.3, -0.25) is 4.90 Å². The number of carbonyl (C=O) groups is 2. The highest BCUT2D eigenvalue weighted by Gasteiger charge is 2.51. The summed E-state index contributed by atoms with van der Waals surface area (Å²) in [6.45, 7) is 2.86. The number of alkyl halides is 3. The average Bonchev–Trinajstić information content (AvgIpc) is 3.39. The van der Waals surface area contributed by atoms with E-state index >= 15 is 0 Å². The fraction of sp³-hybridized carbons (Fsp3) is 0.440. The third-order valence-corrected chi connectivity index (χ3v) is 7.03.